The van der Waals surface area contributed by atoms with Crippen LogP contribution in [0.25, 0.3) is 28.1 Å². The molecule has 0 unspecified atom stereocenters. The van der Waals surface area contributed by atoms with Gasteiger partial charge in [-0.1, -0.05) is 18.2 Å². The van der Waals surface area contributed by atoms with E-state index in [0.717, 1.165) is 22.4 Å². The Kier molecular flexibility index (Phi) is 3.73. The van der Waals surface area contributed by atoms with Crippen molar-refractivity contribution in [3.8, 4) is 11.5 Å². The van der Waals surface area contributed by atoms with Gasteiger partial charge >= 0.3 is 0 Å². The van der Waals surface area contributed by atoms with Crippen LogP contribution < -0.4 is 5.32 Å². The number of amides is 1. The molecule has 0 bridgehead atoms. The minimum Gasteiger partial charge on any atom is -0.454 e. The maximum absolute atomic E-state index is 12.7. The summed E-state index contributed by atoms with van der Waals surface area (Å²) in [4.78, 5) is 21.7. The predicted octanol–water partition coefficient (Wildman–Crippen LogP) is 4.47. The molecule has 0 saturated heterocycles. The Bertz CT molecular complexity index is 1310. The van der Waals surface area contributed by atoms with Gasteiger partial charge in [-0.3, -0.25) is 10.1 Å². The zero-order valence-corrected chi connectivity index (χ0v) is 15.9. The van der Waals surface area contributed by atoms with Crippen molar-refractivity contribution in [1.82, 2.24) is 19.6 Å². The molecule has 8 heteroatoms. The first-order chi connectivity index (χ1) is 13.6. The van der Waals surface area contributed by atoms with E-state index in [1.54, 1.807) is 4.52 Å². The summed E-state index contributed by atoms with van der Waals surface area (Å²) in [5.74, 6) is 0.375. The largest absolute Gasteiger partial charge is 0.454 e. The van der Waals surface area contributed by atoms with Crippen LogP contribution in [0.5, 0.6) is 0 Å². The Morgan fingerprint density at radius 1 is 1.18 bits per heavy atom. The predicted molar refractivity (Wildman–Crippen MR) is 108 cm³/mol. The maximum Gasteiger partial charge on any atom is 0.262 e. The van der Waals surface area contributed by atoms with E-state index < -0.39 is 0 Å². The van der Waals surface area contributed by atoms with Crippen molar-refractivity contribution in [2.24, 2.45) is 0 Å². The molecule has 138 valence electrons. The van der Waals surface area contributed by atoms with Gasteiger partial charge in [0.2, 0.25) is 0 Å². The minimum absolute atomic E-state index is 0.294. The molecule has 0 aliphatic rings. The number of carbonyl (C=O) groups excluding carboxylic acids is 1. The van der Waals surface area contributed by atoms with E-state index in [1.165, 1.54) is 17.5 Å². The van der Waals surface area contributed by atoms with Gasteiger partial charge in [0.25, 0.3) is 5.91 Å². The van der Waals surface area contributed by atoms with E-state index >= 15 is 0 Å². The number of carbonyl (C=O) groups is 1. The molecule has 28 heavy (non-hydrogen) atoms. The number of aryl methyl sites for hydroxylation is 2. The minimum atomic E-state index is -0.294. The molecule has 1 amide bonds. The molecule has 0 fully saturated rings. The second-order valence-electron chi connectivity index (χ2n) is 6.47. The SMILES string of the molecule is Cc1cc(C)n2ncc(C(=O)Nc3nc(-c4cc5ccccc5o4)cs3)c2n1. The monoisotopic (exact) mass is 389 g/mol. The molecule has 0 radical (unpaired) electrons. The number of furan rings is 1. The average molecular weight is 389 g/mol. The number of hydrogen-bond acceptors (Lipinski definition) is 6. The van der Waals surface area contributed by atoms with Crippen LogP contribution in [0.2, 0.25) is 0 Å². The number of hydrogen-bond donors (Lipinski definition) is 1. The highest BCUT2D eigenvalue weighted by molar-refractivity contribution is 7.14. The third-order valence-corrected chi connectivity index (χ3v) is 5.18. The molecular weight excluding hydrogens is 374 g/mol. The van der Waals surface area contributed by atoms with Crippen molar-refractivity contribution >= 4 is 39.0 Å². The van der Waals surface area contributed by atoms with Crippen LogP contribution in [0.1, 0.15) is 21.7 Å². The van der Waals surface area contributed by atoms with Gasteiger partial charge < -0.3 is 4.42 Å². The number of thiazole rings is 1. The van der Waals surface area contributed by atoms with Gasteiger partial charge in [0, 0.05) is 22.2 Å². The number of anilines is 1. The van der Waals surface area contributed by atoms with Crippen LogP contribution in [-0.4, -0.2) is 25.5 Å². The first-order valence-electron chi connectivity index (χ1n) is 8.66. The number of benzene rings is 1. The number of nitrogens with one attached hydrogen (secondary N) is 1. The van der Waals surface area contributed by atoms with Gasteiger partial charge in [0.1, 0.15) is 16.8 Å². The lowest BCUT2D eigenvalue weighted by Crippen LogP contribution is -2.12. The number of aromatic nitrogens is 4. The van der Waals surface area contributed by atoms with Crippen LogP contribution in [0.15, 0.2) is 52.4 Å². The van der Waals surface area contributed by atoms with Crippen LogP contribution in [-0.2, 0) is 0 Å². The lowest BCUT2D eigenvalue weighted by molar-refractivity contribution is 0.102. The zero-order chi connectivity index (χ0) is 19.3. The molecule has 0 aliphatic heterocycles. The van der Waals surface area contributed by atoms with Gasteiger partial charge in [0.15, 0.2) is 16.5 Å². The first kappa shape index (κ1) is 16.6. The molecule has 0 aliphatic carbocycles. The van der Waals surface area contributed by atoms with Crippen LogP contribution in [0, 0.1) is 13.8 Å². The van der Waals surface area contributed by atoms with Crippen LogP contribution in [0.3, 0.4) is 0 Å². The molecule has 1 N–H and O–H groups in total. The third-order valence-electron chi connectivity index (χ3n) is 4.43. The zero-order valence-electron chi connectivity index (χ0n) is 15.1. The van der Waals surface area contributed by atoms with Crippen molar-refractivity contribution in [3.05, 3.63) is 64.9 Å². The van der Waals surface area contributed by atoms with Gasteiger partial charge in [-0.2, -0.15) is 5.10 Å². The number of para-hydroxylation sites is 1. The summed E-state index contributed by atoms with van der Waals surface area (Å²) in [5.41, 5.74) is 4.18. The fourth-order valence-electron chi connectivity index (χ4n) is 3.15. The Labute approximate surface area is 163 Å². The molecule has 0 atom stereocenters. The van der Waals surface area contributed by atoms with E-state index in [-0.39, 0.29) is 5.91 Å². The van der Waals surface area contributed by atoms with Gasteiger partial charge in [-0.15, -0.1) is 11.3 Å². The average Bonchev–Trinajstić information content (AvgIpc) is 3.38. The number of fused-ring (bicyclic) bond motifs is 2. The van der Waals surface area contributed by atoms with Crippen molar-refractivity contribution in [2.75, 3.05) is 5.32 Å². The summed E-state index contributed by atoms with van der Waals surface area (Å²) in [6.45, 7) is 3.82. The summed E-state index contributed by atoms with van der Waals surface area (Å²) in [5, 5.41) is 10.5. The van der Waals surface area contributed by atoms with E-state index in [2.05, 4.69) is 20.4 Å². The summed E-state index contributed by atoms with van der Waals surface area (Å²) >= 11 is 1.34. The van der Waals surface area contributed by atoms with Gasteiger partial charge in [-0.25, -0.2) is 14.5 Å². The summed E-state index contributed by atoms with van der Waals surface area (Å²) < 4.78 is 7.49. The molecule has 0 spiro atoms. The Morgan fingerprint density at radius 3 is 2.89 bits per heavy atom. The first-order valence-corrected chi connectivity index (χ1v) is 9.54. The van der Waals surface area contributed by atoms with Crippen molar-refractivity contribution in [2.45, 2.75) is 13.8 Å². The molecule has 4 heterocycles. The Morgan fingerprint density at radius 2 is 2.04 bits per heavy atom. The van der Waals surface area contributed by atoms with Gasteiger partial charge in [-0.05, 0) is 32.0 Å². The lowest BCUT2D eigenvalue weighted by atomic mass is 10.2. The normalized spacial score (nSPS) is 11.4. The summed E-state index contributed by atoms with van der Waals surface area (Å²) in [7, 11) is 0. The van der Waals surface area contributed by atoms with Crippen LogP contribution >= 0.6 is 11.3 Å². The van der Waals surface area contributed by atoms with Crippen molar-refractivity contribution in [3.63, 3.8) is 0 Å². The number of nitrogens with zero attached hydrogens (tertiary/aromatic N) is 4. The van der Waals surface area contributed by atoms with E-state index in [9.17, 15) is 4.79 Å². The summed E-state index contributed by atoms with van der Waals surface area (Å²) in [6.07, 6.45) is 1.53. The standard InChI is InChI=1S/C20H15N5O2S/c1-11-7-12(2)25-18(22-11)14(9-21-25)19(26)24-20-23-15(10-28-20)17-8-13-5-3-4-6-16(13)27-17/h3-10H,1-2H3,(H,23,24,26). The highest BCUT2D eigenvalue weighted by Gasteiger charge is 2.18. The van der Waals surface area contributed by atoms with Gasteiger partial charge in [0.05, 0.1) is 6.20 Å². The smallest absolute Gasteiger partial charge is 0.262 e. The fourth-order valence-corrected chi connectivity index (χ4v) is 3.84. The Hall–Kier alpha value is -3.52. The molecule has 0 saturated carbocycles. The number of rotatable bonds is 3. The topological polar surface area (TPSA) is 85.3 Å². The van der Waals surface area contributed by atoms with Crippen LogP contribution in [0.4, 0.5) is 5.13 Å². The second kappa shape index (κ2) is 6.28. The van der Waals surface area contributed by atoms with Crippen molar-refractivity contribution in [1.29, 1.82) is 0 Å². The second-order valence-corrected chi connectivity index (χ2v) is 7.33. The third kappa shape index (κ3) is 2.74. The molecule has 7 nitrogen and oxygen atoms in total. The van der Waals surface area contributed by atoms with Crippen molar-refractivity contribution < 1.29 is 9.21 Å². The molecule has 4 aromatic heterocycles. The van der Waals surface area contributed by atoms with E-state index in [4.69, 9.17) is 4.42 Å². The van der Waals surface area contributed by atoms with E-state index in [1.807, 2.05) is 55.6 Å². The fraction of sp³-hybridized carbons (Fsp3) is 0.100. The maximum atomic E-state index is 12.7. The molecule has 5 aromatic rings. The van der Waals surface area contributed by atoms with E-state index in [0.29, 0.717) is 27.8 Å². The highest BCUT2D eigenvalue weighted by atomic mass is 32.1. The molecular formula is C20H15N5O2S. The Balaban J connectivity index is 1.43. The molecule has 1 aromatic carbocycles. The summed E-state index contributed by atoms with van der Waals surface area (Å²) in [6, 6.07) is 11.6. The quantitative estimate of drug-likeness (QED) is 0.492. The molecule has 5 rings (SSSR count). The lowest BCUT2D eigenvalue weighted by Gasteiger charge is -2.02. The highest BCUT2D eigenvalue weighted by Crippen LogP contribution is 2.30.